The van der Waals surface area contributed by atoms with Crippen molar-refractivity contribution in [1.29, 1.82) is 0 Å². The average molecular weight is 808 g/mol. The number of nitrogens with zero attached hydrogens (tertiary/aromatic N) is 1. The van der Waals surface area contributed by atoms with E-state index >= 15 is 0 Å². The molecular weight excluding hydrogens is 771 g/mol. The van der Waals surface area contributed by atoms with Gasteiger partial charge in [0.05, 0.1) is 5.41 Å². The fraction of sp³-hybridized carbons (Fsp3) is 0.0169. The van der Waals surface area contributed by atoms with Crippen LogP contribution < -0.4 is 4.90 Å². The van der Waals surface area contributed by atoms with E-state index < -0.39 is 5.41 Å². The van der Waals surface area contributed by atoms with Crippen molar-refractivity contribution in [3.05, 3.63) is 247 Å². The minimum Gasteiger partial charge on any atom is -0.455 e. The van der Waals surface area contributed by atoms with Crippen LogP contribution in [-0.4, -0.2) is 0 Å². The molecule has 0 saturated heterocycles. The van der Waals surface area contributed by atoms with Crippen molar-refractivity contribution in [3.8, 4) is 54.3 Å². The van der Waals surface area contributed by atoms with E-state index in [0.717, 1.165) is 50.1 Å². The number of hydrogen-bond donors (Lipinski definition) is 0. The quantitative estimate of drug-likeness (QED) is 0.166. The van der Waals surface area contributed by atoms with Crippen LogP contribution in [0.25, 0.3) is 76.2 Å². The van der Waals surface area contributed by atoms with Gasteiger partial charge in [0.15, 0.2) is 0 Å². The summed E-state index contributed by atoms with van der Waals surface area (Å²) in [6.45, 7) is 0. The third-order valence-corrected chi connectivity index (χ3v) is 14.3. The number of thiophene rings is 1. The minimum absolute atomic E-state index is 0.435. The van der Waals surface area contributed by atoms with E-state index in [1.54, 1.807) is 0 Å². The Morgan fingerprint density at radius 3 is 1.47 bits per heavy atom. The second-order valence-electron chi connectivity index (χ2n) is 16.4. The van der Waals surface area contributed by atoms with Crippen LogP contribution in [0, 0.1) is 0 Å². The Hall–Kier alpha value is -7.72. The topological polar surface area (TPSA) is 16.4 Å². The highest BCUT2D eigenvalue weighted by Crippen LogP contribution is 2.63. The van der Waals surface area contributed by atoms with Gasteiger partial charge in [-0.3, -0.25) is 0 Å². The molecule has 1 spiro atoms. The van der Waals surface area contributed by atoms with E-state index in [1.807, 2.05) is 23.5 Å². The molecule has 0 radical (unpaired) electrons. The molecule has 3 heteroatoms. The van der Waals surface area contributed by atoms with E-state index in [2.05, 4.69) is 217 Å². The van der Waals surface area contributed by atoms with Crippen molar-refractivity contribution < 1.29 is 4.42 Å². The number of rotatable bonds is 6. The summed E-state index contributed by atoms with van der Waals surface area (Å²) >= 11 is 1.83. The lowest BCUT2D eigenvalue weighted by atomic mass is 9.70. The third-order valence-electron chi connectivity index (χ3n) is 13.2. The van der Waals surface area contributed by atoms with Crippen molar-refractivity contribution in [2.24, 2.45) is 0 Å². The smallest absolute Gasteiger partial charge is 0.143 e. The van der Waals surface area contributed by atoms with Gasteiger partial charge in [0.1, 0.15) is 11.2 Å². The summed E-state index contributed by atoms with van der Waals surface area (Å²) in [5, 5.41) is 2.27. The maximum absolute atomic E-state index is 6.48. The van der Waals surface area contributed by atoms with E-state index in [4.69, 9.17) is 4.42 Å². The summed E-state index contributed by atoms with van der Waals surface area (Å²) in [7, 11) is 0. The summed E-state index contributed by atoms with van der Waals surface area (Å²) in [6, 6.07) is 82.2. The number of furan rings is 1. The minimum atomic E-state index is -0.435. The molecule has 62 heavy (non-hydrogen) atoms. The van der Waals surface area contributed by atoms with Gasteiger partial charge >= 0.3 is 0 Å². The van der Waals surface area contributed by atoms with Crippen LogP contribution >= 0.6 is 11.3 Å². The zero-order valence-electron chi connectivity index (χ0n) is 33.6. The maximum Gasteiger partial charge on any atom is 0.143 e. The first-order valence-corrected chi connectivity index (χ1v) is 22.1. The Bertz CT molecular complexity index is 3460. The zero-order valence-corrected chi connectivity index (χ0v) is 34.4. The van der Waals surface area contributed by atoms with Crippen LogP contribution in [0.15, 0.2) is 229 Å². The van der Waals surface area contributed by atoms with Crippen molar-refractivity contribution in [3.63, 3.8) is 0 Å². The molecule has 0 unspecified atom stereocenters. The molecule has 0 N–H and O–H groups in total. The molecule has 0 saturated carbocycles. The molecular formula is C59H37NOS. The van der Waals surface area contributed by atoms with Crippen LogP contribution in [0.5, 0.6) is 0 Å². The number of para-hydroxylation sites is 2. The Balaban J connectivity index is 0.975. The highest BCUT2D eigenvalue weighted by atomic mass is 32.1. The highest BCUT2D eigenvalue weighted by Gasteiger charge is 2.51. The number of benzene rings is 9. The Morgan fingerprint density at radius 1 is 0.339 bits per heavy atom. The standard InChI is InChI=1S/C59H37NOS/c1-2-13-39(14-3-1)56-35-36-57(62-56)40-27-31-42(32-28-40)60(41-29-25-38(26-30-41)44-19-12-20-50-49-18-7-11-24-55(49)61-58(44)50)43-33-34-48-47-17-6-10-23-53(47)59(54(48)37-43)51-21-8-4-15-45(51)46-16-5-9-22-52(46)59/h1-37H. The molecule has 13 rings (SSSR count). The molecule has 0 atom stereocenters. The summed E-state index contributed by atoms with van der Waals surface area (Å²) in [4.78, 5) is 4.94. The van der Waals surface area contributed by atoms with E-state index in [1.165, 1.54) is 65.4 Å². The Labute approximate surface area is 364 Å². The summed E-state index contributed by atoms with van der Waals surface area (Å²) in [5.74, 6) is 0. The van der Waals surface area contributed by atoms with Gasteiger partial charge in [-0.15, -0.1) is 11.3 Å². The van der Waals surface area contributed by atoms with Gasteiger partial charge < -0.3 is 9.32 Å². The van der Waals surface area contributed by atoms with Gasteiger partial charge in [-0.1, -0.05) is 170 Å². The molecule has 0 fully saturated rings. The zero-order chi connectivity index (χ0) is 40.8. The fourth-order valence-corrected chi connectivity index (χ4v) is 11.5. The van der Waals surface area contributed by atoms with Gasteiger partial charge in [-0.2, -0.15) is 0 Å². The van der Waals surface area contributed by atoms with Gasteiger partial charge in [-0.05, 0) is 116 Å². The maximum atomic E-state index is 6.48. The largest absolute Gasteiger partial charge is 0.455 e. The summed E-state index contributed by atoms with van der Waals surface area (Å²) < 4.78 is 6.48. The predicted molar refractivity (Wildman–Crippen MR) is 259 cm³/mol. The summed E-state index contributed by atoms with van der Waals surface area (Å²) in [6.07, 6.45) is 0. The first kappa shape index (κ1) is 35.1. The van der Waals surface area contributed by atoms with Crippen molar-refractivity contribution in [2.45, 2.75) is 5.41 Å². The van der Waals surface area contributed by atoms with Crippen molar-refractivity contribution in [2.75, 3.05) is 4.90 Å². The molecule has 9 aromatic carbocycles. The second kappa shape index (κ2) is 13.7. The first-order valence-electron chi connectivity index (χ1n) is 21.2. The average Bonchev–Trinajstić information content (AvgIpc) is 4.12. The third kappa shape index (κ3) is 5.09. The molecule has 2 heterocycles. The van der Waals surface area contributed by atoms with E-state index in [0.29, 0.717) is 0 Å². The van der Waals surface area contributed by atoms with Gasteiger partial charge in [0.2, 0.25) is 0 Å². The first-order chi connectivity index (χ1) is 30.7. The number of anilines is 3. The Morgan fingerprint density at radius 2 is 0.823 bits per heavy atom. The Kier molecular flexibility index (Phi) is 7.72. The van der Waals surface area contributed by atoms with Crippen LogP contribution in [0.1, 0.15) is 22.3 Å². The van der Waals surface area contributed by atoms with Crippen LogP contribution in [0.4, 0.5) is 17.1 Å². The van der Waals surface area contributed by atoms with Crippen molar-refractivity contribution in [1.82, 2.24) is 0 Å². The lowest BCUT2D eigenvalue weighted by molar-refractivity contribution is 0.670. The molecule has 11 aromatic rings. The lowest BCUT2D eigenvalue weighted by Gasteiger charge is -2.32. The molecule has 2 aliphatic rings. The fourth-order valence-electron chi connectivity index (χ4n) is 10.5. The van der Waals surface area contributed by atoms with Gasteiger partial charge in [0, 0.05) is 43.2 Å². The molecule has 0 bridgehead atoms. The summed E-state index contributed by atoms with van der Waals surface area (Å²) in [5.41, 5.74) is 19.9. The monoisotopic (exact) mass is 807 g/mol. The van der Waals surface area contributed by atoms with Crippen LogP contribution in [0.3, 0.4) is 0 Å². The van der Waals surface area contributed by atoms with Crippen LogP contribution in [-0.2, 0) is 5.41 Å². The van der Waals surface area contributed by atoms with Crippen molar-refractivity contribution >= 4 is 50.3 Å². The van der Waals surface area contributed by atoms with Crippen LogP contribution in [0.2, 0.25) is 0 Å². The van der Waals surface area contributed by atoms with E-state index in [-0.39, 0.29) is 0 Å². The molecule has 2 aliphatic carbocycles. The molecule has 0 amide bonds. The second-order valence-corrected chi connectivity index (χ2v) is 17.4. The molecule has 290 valence electrons. The molecule has 2 aromatic heterocycles. The highest BCUT2D eigenvalue weighted by molar-refractivity contribution is 7.18. The predicted octanol–water partition coefficient (Wildman–Crippen LogP) is 16.5. The number of fused-ring (bicyclic) bond motifs is 13. The SMILES string of the molecule is c1ccc(-c2ccc(-c3ccc(N(c4ccc(-c5cccc6c5oc5ccccc56)cc4)c4ccc5c(c4)C4(c6ccccc6-c6ccccc64)c4ccccc4-5)cc3)s2)cc1. The van der Waals surface area contributed by atoms with Gasteiger partial charge in [-0.25, -0.2) is 0 Å². The normalized spacial score (nSPS) is 13.0. The van der Waals surface area contributed by atoms with E-state index in [9.17, 15) is 0 Å². The number of hydrogen-bond acceptors (Lipinski definition) is 3. The molecule has 2 nitrogen and oxygen atoms in total. The lowest BCUT2D eigenvalue weighted by Crippen LogP contribution is -2.26. The molecule has 0 aliphatic heterocycles. The van der Waals surface area contributed by atoms with Gasteiger partial charge in [0.25, 0.3) is 0 Å².